The van der Waals surface area contributed by atoms with E-state index in [1.54, 1.807) is 0 Å². The standard InChI is InChI=1S/C8H14F3NO2/c1-7(14)2-3-12(4-5-13)6-8(9,10)11/h13H,2-6H2,1H3. The normalized spacial score (nSPS) is 12.1. The molecule has 0 aliphatic carbocycles. The first-order valence-electron chi connectivity index (χ1n) is 4.24. The summed E-state index contributed by atoms with van der Waals surface area (Å²) in [5.74, 6) is -0.157. The predicted octanol–water partition coefficient (Wildman–Crippen LogP) is 0.822. The monoisotopic (exact) mass is 213 g/mol. The van der Waals surface area contributed by atoms with Crippen LogP contribution in [0.1, 0.15) is 13.3 Å². The fourth-order valence-electron chi connectivity index (χ4n) is 0.980. The molecule has 0 radical (unpaired) electrons. The van der Waals surface area contributed by atoms with Crippen LogP contribution in [0.4, 0.5) is 13.2 Å². The van der Waals surface area contributed by atoms with Crippen molar-refractivity contribution in [2.75, 3.05) is 26.2 Å². The van der Waals surface area contributed by atoms with Crippen molar-refractivity contribution in [1.82, 2.24) is 4.90 Å². The van der Waals surface area contributed by atoms with Crippen LogP contribution in [-0.4, -0.2) is 48.2 Å². The Morgan fingerprint density at radius 3 is 2.29 bits per heavy atom. The molecule has 0 fully saturated rings. The van der Waals surface area contributed by atoms with Crippen molar-refractivity contribution in [3.05, 3.63) is 0 Å². The lowest BCUT2D eigenvalue weighted by Crippen LogP contribution is -2.37. The summed E-state index contributed by atoms with van der Waals surface area (Å²) in [6.45, 7) is -0.123. The summed E-state index contributed by atoms with van der Waals surface area (Å²) in [4.78, 5) is 11.6. The number of Topliss-reactive ketones (excluding diaryl/α,β-unsaturated/α-hetero) is 1. The van der Waals surface area contributed by atoms with Crippen molar-refractivity contribution in [3.8, 4) is 0 Å². The third kappa shape index (κ3) is 8.00. The van der Waals surface area contributed by atoms with Crippen LogP contribution in [0.2, 0.25) is 0 Å². The molecule has 0 bridgehead atoms. The maximum absolute atomic E-state index is 11.9. The molecular weight excluding hydrogens is 199 g/mol. The molecule has 0 atom stereocenters. The molecule has 0 rings (SSSR count). The molecule has 0 unspecified atom stereocenters. The van der Waals surface area contributed by atoms with E-state index < -0.39 is 12.7 Å². The second-order valence-corrected chi connectivity index (χ2v) is 3.07. The average molecular weight is 213 g/mol. The highest BCUT2D eigenvalue weighted by molar-refractivity contribution is 5.75. The van der Waals surface area contributed by atoms with Gasteiger partial charge in [-0.1, -0.05) is 0 Å². The predicted molar refractivity (Wildman–Crippen MR) is 44.9 cm³/mol. The zero-order valence-corrected chi connectivity index (χ0v) is 7.97. The van der Waals surface area contributed by atoms with Crippen LogP contribution in [0.5, 0.6) is 0 Å². The Balaban J connectivity index is 3.95. The average Bonchev–Trinajstić information content (AvgIpc) is 1.98. The Morgan fingerprint density at radius 1 is 1.36 bits per heavy atom. The molecule has 14 heavy (non-hydrogen) atoms. The van der Waals surface area contributed by atoms with Crippen LogP contribution in [0.15, 0.2) is 0 Å². The van der Waals surface area contributed by atoms with Crippen LogP contribution < -0.4 is 0 Å². The molecule has 0 saturated carbocycles. The van der Waals surface area contributed by atoms with Gasteiger partial charge in [0.25, 0.3) is 0 Å². The van der Waals surface area contributed by atoms with E-state index >= 15 is 0 Å². The lowest BCUT2D eigenvalue weighted by molar-refractivity contribution is -0.147. The van der Waals surface area contributed by atoms with Crippen molar-refractivity contribution in [3.63, 3.8) is 0 Å². The molecule has 0 aliphatic rings. The van der Waals surface area contributed by atoms with Gasteiger partial charge < -0.3 is 5.11 Å². The van der Waals surface area contributed by atoms with Gasteiger partial charge in [0, 0.05) is 19.5 Å². The smallest absolute Gasteiger partial charge is 0.395 e. The number of carbonyl (C=O) groups is 1. The first kappa shape index (κ1) is 13.4. The number of nitrogens with zero attached hydrogens (tertiary/aromatic N) is 1. The molecule has 1 N–H and O–H groups in total. The second kappa shape index (κ2) is 5.98. The van der Waals surface area contributed by atoms with Gasteiger partial charge in [0.05, 0.1) is 13.2 Å². The number of hydrogen-bond acceptors (Lipinski definition) is 3. The van der Waals surface area contributed by atoms with E-state index in [2.05, 4.69) is 0 Å². The number of carbonyl (C=O) groups excluding carboxylic acids is 1. The Labute approximate surface area is 80.5 Å². The van der Waals surface area contributed by atoms with Gasteiger partial charge in [-0.05, 0) is 6.92 Å². The number of halogens is 3. The van der Waals surface area contributed by atoms with Crippen molar-refractivity contribution < 1.29 is 23.1 Å². The molecule has 0 aliphatic heterocycles. The molecule has 0 amide bonds. The fraction of sp³-hybridized carbons (Fsp3) is 0.875. The highest BCUT2D eigenvalue weighted by atomic mass is 19.4. The van der Waals surface area contributed by atoms with Crippen LogP contribution in [-0.2, 0) is 4.79 Å². The third-order valence-corrected chi connectivity index (χ3v) is 1.60. The zero-order chi connectivity index (χ0) is 11.2. The highest BCUT2D eigenvalue weighted by Crippen LogP contribution is 2.16. The summed E-state index contributed by atoms with van der Waals surface area (Å²) in [6.07, 6.45) is -4.21. The van der Waals surface area contributed by atoms with Gasteiger partial charge in [-0.15, -0.1) is 0 Å². The summed E-state index contributed by atoms with van der Waals surface area (Å²) in [5.41, 5.74) is 0. The SMILES string of the molecule is CC(=O)CCN(CCO)CC(F)(F)F. The molecule has 0 aromatic rings. The summed E-state index contributed by atoms with van der Waals surface area (Å²) in [5, 5.41) is 8.50. The molecule has 0 spiro atoms. The van der Waals surface area contributed by atoms with E-state index in [-0.39, 0.29) is 31.9 Å². The Kier molecular flexibility index (Phi) is 5.71. The lowest BCUT2D eigenvalue weighted by atomic mass is 10.3. The van der Waals surface area contributed by atoms with Crippen LogP contribution in [0.3, 0.4) is 0 Å². The molecule has 84 valence electrons. The molecule has 3 nitrogen and oxygen atoms in total. The van der Waals surface area contributed by atoms with Gasteiger partial charge in [-0.2, -0.15) is 13.2 Å². The van der Waals surface area contributed by atoms with Crippen LogP contribution in [0, 0.1) is 0 Å². The number of aliphatic hydroxyl groups is 1. The minimum atomic E-state index is -4.29. The summed E-state index contributed by atoms with van der Waals surface area (Å²) >= 11 is 0. The Bertz CT molecular complexity index is 182. The molecule has 6 heteroatoms. The molecular formula is C8H14F3NO2. The van der Waals surface area contributed by atoms with E-state index in [1.165, 1.54) is 6.92 Å². The van der Waals surface area contributed by atoms with Gasteiger partial charge in [0.1, 0.15) is 5.78 Å². The third-order valence-electron chi connectivity index (χ3n) is 1.60. The van der Waals surface area contributed by atoms with Crippen LogP contribution >= 0.6 is 0 Å². The van der Waals surface area contributed by atoms with E-state index in [0.29, 0.717) is 0 Å². The van der Waals surface area contributed by atoms with Crippen molar-refractivity contribution in [2.24, 2.45) is 0 Å². The first-order valence-corrected chi connectivity index (χ1v) is 4.24. The number of ketones is 1. The van der Waals surface area contributed by atoms with Crippen molar-refractivity contribution >= 4 is 5.78 Å². The number of hydrogen-bond donors (Lipinski definition) is 1. The van der Waals surface area contributed by atoms with Crippen molar-refractivity contribution in [1.29, 1.82) is 0 Å². The molecule has 0 saturated heterocycles. The Hall–Kier alpha value is -0.620. The maximum Gasteiger partial charge on any atom is 0.401 e. The molecule has 0 aromatic carbocycles. The van der Waals surface area contributed by atoms with E-state index in [4.69, 9.17) is 5.11 Å². The first-order chi connectivity index (χ1) is 6.35. The van der Waals surface area contributed by atoms with Gasteiger partial charge in [-0.3, -0.25) is 9.69 Å². The quantitative estimate of drug-likeness (QED) is 0.710. The van der Waals surface area contributed by atoms with Gasteiger partial charge >= 0.3 is 6.18 Å². The largest absolute Gasteiger partial charge is 0.401 e. The van der Waals surface area contributed by atoms with E-state index in [0.717, 1.165) is 4.90 Å². The minimum Gasteiger partial charge on any atom is -0.395 e. The summed E-state index contributed by atoms with van der Waals surface area (Å²) in [6, 6.07) is 0. The number of aliphatic hydroxyl groups excluding tert-OH is 1. The number of alkyl halides is 3. The summed E-state index contributed by atoms with van der Waals surface area (Å²) in [7, 11) is 0. The van der Waals surface area contributed by atoms with Gasteiger partial charge in [0.2, 0.25) is 0 Å². The van der Waals surface area contributed by atoms with E-state index in [9.17, 15) is 18.0 Å². The van der Waals surface area contributed by atoms with Gasteiger partial charge in [-0.25, -0.2) is 0 Å². The lowest BCUT2D eigenvalue weighted by Gasteiger charge is -2.21. The summed E-state index contributed by atoms with van der Waals surface area (Å²) < 4.78 is 35.8. The topological polar surface area (TPSA) is 40.5 Å². The molecule has 0 heterocycles. The number of rotatable bonds is 6. The van der Waals surface area contributed by atoms with Crippen LogP contribution in [0.25, 0.3) is 0 Å². The van der Waals surface area contributed by atoms with E-state index in [1.807, 2.05) is 0 Å². The van der Waals surface area contributed by atoms with Crippen molar-refractivity contribution in [2.45, 2.75) is 19.5 Å². The maximum atomic E-state index is 11.9. The molecule has 0 aromatic heterocycles. The second-order valence-electron chi connectivity index (χ2n) is 3.07. The van der Waals surface area contributed by atoms with Gasteiger partial charge in [0.15, 0.2) is 0 Å². The highest BCUT2D eigenvalue weighted by Gasteiger charge is 2.30. The minimum absolute atomic E-state index is 0.0371. The zero-order valence-electron chi connectivity index (χ0n) is 7.97. The fourth-order valence-corrected chi connectivity index (χ4v) is 0.980. The Morgan fingerprint density at radius 2 is 1.93 bits per heavy atom.